The Bertz CT molecular complexity index is 1090. The molecule has 3 saturated heterocycles. The predicted octanol–water partition coefficient (Wildman–Crippen LogP) is 3.62. The van der Waals surface area contributed by atoms with E-state index < -0.39 is 35.8 Å². The van der Waals surface area contributed by atoms with Gasteiger partial charge >= 0.3 is 12.2 Å². The summed E-state index contributed by atoms with van der Waals surface area (Å²) >= 11 is 1.40. The molecule has 0 unspecified atom stereocenters. The molecule has 4 amide bonds. The summed E-state index contributed by atoms with van der Waals surface area (Å²) in [6, 6.07) is 11.4. The van der Waals surface area contributed by atoms with Gasteiger partial charge in [0, 0.05) is 11.4 Å². The van der Waals surface area contributed by atoms with Crippen LogP contribution in [0.4, 0.5) is 23.7 Å². The first-order chi connectivity index (χ1) is 15.3. The van der Waals surface area contributed by atoms with Crippen LogP contribution < -0.4 is 4.90 Å². The largest absolute Gasteiger partial charge is 0.416 e. The van der Waals surface area contributed by atoms with Crippen LogP contribution in [0.2, 0.25) is 0 Å². The van der Waals surface area contributed by atoms with Crippen molar-refractivity contribution in [2.75, 3.05) is 17.2 Å². The van der Waals surface area contributed by atoms with Crippen LogP contribution in [0.1, 0.15) is 12.0 Å². The lowest BCUT2D eigenvalue weighted by molar-refractivity contribution is -0.137. The van der Waals surface area contributed by atoms with Crippen LogP contribution in [0.3, 0.4) is 0 Å². The summed E-state index contributed by atoms with van der Waals surface area (Å²) in [7, 11) is 0. The zero-order chi connectivity index (χ0) is 22.6. The Kier molecular flexibility index (Phi) is 4.92. The number of piperazine rings is 1. The van der Waals surface area contributed by atoms with Crippen LogP contribution in [0, 0.1) is 0 Å². The van der Waals surface area contributed by atoms with Gasteiger partial charge in [-0.15, -0.1) is 11.8 Å². The summed E-state index contributed by atoms with van der Waals surface area (Å²) in [6.07, 6.45) is -4.09. The molecule has 2 aromatic carbocycles. The second kappa shape index (κ2) is 7.54. The lowest BCUT2D eigenvalue weighted by atomic mass is 10.1. The molecule has 166 valence electrons. The Hall–Kier alpha value is -3.01. The number of nitrogens with zero attached hydrogens (tertiary/aromatic N) is 3. The van der Waals surface area contributed by atoms with Crippen molar-refractivity contribution in [1.82, 2.24) is 9.80 Å². The molecule has 3 heterocycles. The minimum atomic E-state index is -4.59. The molecule has 2 bridgehead atoms. The number of hydrogen-bond donors (Lipinski definition) is 0. The Morgan fingerprint density at radius 2 is 1.81 bits per heavy atom. The maximum Gasteiger partial charge on any atom is 0.416 e. The highest BCUT2D eigenvalue weighted by molar-refractivity contribution is 8.00. The summed E-state index contributed by atoms with van der Waals surface area (Å²) in [5.41, 5.74) is -1.04. The van der Waals surface area contributed by atoms with Crippen molar-refractivity contribution in [3.05, 3.63) is 60.2 Å². The van der Waals surface area contributed by atoms with Gasteiger partial charge in [0.1, 0.15) is 6.04 Å². The third kappa shape index (κ3) is 3.33. The van der Waals surface area contributed by atoms with Crippen LogP contribution in [-0.2, 0) is 15.8 Å². The lowest BCUT2D eigenvalue weighted by Gasteiger charge is -2.34. The number of hydrogen-bond acceptors (Lipinski definition) is 4. The van der Waals surface area contributed by atoms with Crippen LogP contribution in [0.25, 0.3) is 0 Å². The van der Waals surface area contributed by atoms with Crippen LogP contribution in [0.15, 0.2) is 59.5 Å². The van der Waals surface area contributed by atoms with Crippen LogP contribution >= 0.6 is 11.8 Å². The maximum absolute atomic E-state index is 13.1. The zero-order valence-corrected chi connectivity index (χ0v) is 17.5. The molecule has 6 nitrogen and oxygen atoms in total. The number of imide groups is 1. The molecule has 5 rings (SSSR count). The number of anilines is 1. The van der Waals surface area contributed by atoms with Crippen molar-refractivity contribution in [2.24, 2.45) is 0 Å². The molecular weight excluding hydrogens is 443 g/mol. The average molecular weight is 461 g/mol. The van der Waals surface area contributed by atoms with Gasteiger partial charge in [-0.05, 0) is 36.8 Å². The Morgan fingerprint density at radius 1 is 1.06 bits per heavy atom. The minimum Gasteiger partial charge on any atom is -0.334 e. The Balaban J connectivity index is 1.34. The second-order valence-electron chi connectivity index (χ2n) is 7.96. The van der Waals surface area contributed by atoms with E-state index in [1.807, 2.05) is 30.3 Å². The van der Waals surface area contributed by atoms with E-state index in [2.05, 4.69) is 0 Å². The highest BCUT2D eigenvalue weighted by Crippen LogP contribution is 2.43. The van der Waals surface area contributed by atoms with Crippen LogP contribution in [-0.4, -0.2) is 58.1 Å². The zero-order valence-electron chi connectivity index (χ0n) is 16.7. The van der Waals surface area contributed by atoms with Gasteiger partial charge in [0.2, 0.25) is 5.91 Å². The summed E-state index contributed by atoms with van der Waals surface area (Å²) < 4.78 is 39.3. The molecule has 0 aliphatic carbocycles. The fourth-order valence-corrected chi connectivity index (χ4v) is 5.55. The van der Waals surface area contributed by atoms with Gasteiger partial charge in [-0.25, -0.2) is 9.69 Å². The molecule has 3 aliphatic heterocycles. The number of amides is 4. The summed E-state index contributed by atoms with van der Waals surface area (Å²) in [6.45, 7) is 0.324. The number of benzene rings is 2. The first-order valence-corrected chi connectivity index (χ1v) is 11.0. The van der Waals surface area contributed by atoms with E-state index in [0.717, 1.165) is 21.9 Å². The van der Waals surface area contributed by atoms with Gasteiger partial charge in [-0.1, -0.05) is 24.3 Å². The first-order valence-electron chi connectivity index (χ1n) is 10.1. The van der Waals surface area contributed by atoms with E-state index in [9.17, 15) is 27.6 Å². The molecular formula is C22H18F3N3O3S. The number of urea groups is 1. The molecule has 0 radical (unpaired) electrons. The van der Waals surface area contributed by atoms with Gasteiger partial charge in [0.25, 0.3) is 5.91 Å². The summed E-state index contributed by atoms with van der Waals surface area (Å²) in [5.74, 6) is -0.502. The van der Waals surface area contributed by atoms with Crippen molar-refractivity contribution in [3.63, 3.8) is 0 Å². The standard InChI is InChI=1S/C22H18F3N3O3S/c23-22(24,25)13-5-4-6-14(9-13)28-20(30)19-17-10-15(27(19)21(28)31)11-26(17)18(29)12-32-16-7-2-1-3-8-16/h1-9,15,17,19H,10-12H2/t15-,17-,19+/m0/s1. The molecule has 0 aromatic heterocycles. The topological polar surface area (TPSA) is 60.9 Å². The van der Waals surface area contributed by atoms with E-state index in [-0.39, 0.29) is 23.4 Å². The smallest absolute Gasteiger partial charge is 0.334 e. The van der Waals surface area contributed by atoms with Crippen molar-refractivity contribution >= 4 is 35.3 Å². The van der Waals surface area contributed by atoms with Crippen molar-refractivity contribution in [1.29, 1.82) is 0 Å². The molecule has 0 saturated carbocycles. The third-order valence-corrected chi connectivity index (χ3v) is 7.12. The number of likely N-dealkylation sites (tertiary alicyclic amines) is 1. The quantitative estimate of drug-likeness (QED) is 0.516. The first kappa shape index (κ1) is 20.9. The minimum absolute atomic E-state index is 0.110. The molecule has 3 aliphatic rings. The van der Waals surface area contributed by atoms with E-state index in [4.69, 9.17) is 0 Å². The highest BCUT2D eigenvalue weighted by atomic mass is 32.2. The molecule has 3 atom stereocenters. The molecule has 10 heteroatoms. The summed E-state index contributed by atoms with van der Waals surface area (Å²) in [5, 5.41) is 0. The van der Waals surface area contributed by atoms with Gasteiger partial charge < -0.3 is 9.80 Å². The van der Waals surface area contributed by atoms with E-state index >= 15 is 0 Å². The molecule has 3 fully saturated rings. The predicted molar refractivity (Wildman–Crippen MR) is 111 cm³/mol. The van der Waals surface area contributed by atoms with E-state index in [1.54, 1.807) is 4.90 Å². The van der Waals surface area contributed by atoms with Crippen molar-refractivity contribution in [3.8, 4) is 0 Å². The van der Waals surface area contributed by atoms with E-state index in [0.29, 0.717) is 13.0 Å². The Morgan fingerprint density at radius 3 is 2.53 bits per heavy atom. The number of fused-ring (bicyclic) bond motifs is 5. The fraction of sp³-hybridized carbons (Fsp3) is 0.318. The second-order valence-corrected chi connectivity index (χ2v) is 9.01. The normalized spacial score (nSPS) is 24.5. The maximum atomic E-state index is 13.1. The van der Waals surface area contributed by atoms with E-state index in [1.165, 1.54) is 28.8 Å². The molecule has 0 spiro atoms. The number of rotatable bonds is 4. The molecule has 0 N–H and O–H groups in total. The van der Waals surface area contributed by atoms with Gasteiger partial charge in [-0.2, -0.15) is 13.2 Å². The Labute approximate surface area is 186 Å². The number of carbonyl (C=O) groups excluding carboxylic acids is 3. The number of alkyl halides is 3. The SMILES string of the molecule is O=C1[C@H]2[C@@H]3C[C@@H](CN3C(=O)CSc3ccccc3)N2C(=O)N1c1cccc(C(F)(F)F)c1. The third-order valence-electron chi connectivity index (χ3n) is 6.12. The summed E-state index contributed by atoms with van der Waals surface area (Å²) in [4.78, 5) is 43.8. The number of thioether (sulfide) groups is 1. The van der Waals surface area contributed by atoms with Gasteiger partial charge in [0.05, 0.1) is 29.1 Å². The van der Waals surface area contributed by atoms with Crippen molar-refractivity contribution in [2.45, 2.75) is 35.6 Å². The molecule has 32 heavy (non-hydrogen) atoms. The lowest BCUT2D eigenvalue weighted by Crippen LogP contribution is -2.55. The average Bonchev–Trinajstić information content (AvgIpc) is 3.43. The van der Waals surface area contributed by atoms with Crippen LogP contribution in [0.5, 0.6) is 0 Å². The number of halogens is 3. The van der Waals surface area contributed by atoms with Gasteiger partial charge in [0.15, 0.2) is 0 Å². The monoisotopic (exact) mass is 461 g/mol. The van der Waals surface area contributed by atoms with Gasteiger partial charge in [-0.3, -0.25) is 9.59 Å². The highest BCUT2D eigenvalue weighted by Gasteiger charge is 2.62. The number of carbonyl (C=O) groups is 3. The fourth-order valence-electron chi connectivity index (χ4n) is 4.75. The van der Waals surface area contributed by atoms with Crippen molar-refractivity contribution < 1.29 is 27.6 Å². The molecule has 2 aromatic rings.